The molecule has 2 aromatic rings. The molecule has 0 heteroatoms. The average molecular weight is 194 g/mol. The van der Waals surface area contributed by atoms with Gasteiger partial charge in [0, 0.05) is 0 Å². The lowest BCUT2D eigenvalue weighted by atomic mass is 10.0. The van der Waals surface area contributed by atoms with Crippen LogP contribution in [-0.4, -0.2) is 0 Å². The molecule has 2 aromatic carbocycles. The first-order valence-electron chi connectivity index (χ1n) is 5.50. The molecule has 15 heavy (non-hydrogen) atoms. The number of benzene rings is 2. The molecule has 0 atom stereocenters. The third kappa shape index (κ3) is 1.37. The highest BCUT2D eigenvalue weighted by Crippen LogP contribution is 2.30. The van der Waals surface area contributed by atoms with E-state index in [-0.39, 0.29) is 0 Å². The zero-order valence-electron chi connectivity index (χ0n) is 8.74. The molecule has 0 amide bonds. The van der Waals surface area contributed by atoms with Gasteiger partial charge in [-0.3, -0.25) is 0 Å². The summed E-state index contributed by atoms with van der Waals surface area (Å²) in [7, 11) is 0. The van der Waals surface area contributed by atoms with Crippen LogP contribution in [0, 0.1) is 5.92 Å². The van der Waals surface area contributed by atoms with Gasteiger partial charge in [-0.2, -0.15) is 0 Å². The quantitative estimate of drug-likeness (QED) is 0.607. The zero-order chi connectivity index (χ0) is 10.3. The van der Waals surface area contributed by atoms with E-state index in [1.54, 1.807) is 0 Å². The first-order valence-corrected chi connectivity index (χ1v) is 5.50. The maximum atomic E-state index is 3.90. The van der Waals surface area contributed by atoms with Gasteiger partial charge in [-0.05, 0) is 40.7 Å². The van der Waals surface area contributed by atoms with Gasteiger partial charge in [-0.25, -0.2) is 0 Å². The van der Waals surface area contributed by atoms with E-state index < -0.39 is 0 Å². The molecule has 1 aliphatic rings. The molecule has 0 spiro atoms. The van der Waals surface area contributed by atoms with E-state index in [1.165, 1.54) is 34.7 Å². The van der Waals surface area contributed by atoms with Crippen molar-refractivity contribution in [3.8, 4) is 0 Å². The fraction of sp³-hybridized carbons (Fsp3) is 0.200. The van der Waals surface area contributed by atoms with Crippen LogP contribution < -0.4 is 0 Å². The highest BCUT2D eigenvalue weighted by Gasteiger charge is 2.18. The van der Waals surface area contributed by atoms with Crippen LogP contribution in [0.1, 0.15) is 11.1 Å². The van der Waals surface area contributed by atoms with Crippen LogP contribution in [0.4, 0.5) is 0 Å². The summed E-state index contributed by atoms with van der Waals surface area (Å²) in [5, 5.41) is 2.72. The number of fused-ring (bicyclic) bond motifs is 2. The highest BCUT2D eigenvalue weighted by molar-refractivity contribution is 5.84. The summed E-state index contributed by atoms with van der Waals surface area (Å²) in [6, 6.07) is 13.3. The lowest BCUT2D eigenvalue weighted by Crippen LogP contribution is -1.91. The summed E-state index contributed by atoms with van der Waals surface area (Å²) >= 11 is 0. The molecule has 74 valence electrons. The monoisotopic (exact) mass is 194 g/mol. The molecule has 0 fully saturated rings. The first-order chi connectivity index (χ1) is 7.36. The van der Waals surface area contributed by atoms with E-state index in [0.29, 0.717) is 5.92 Å². The molecule has 0 bridgehead atoms. The Morgan fingerprint density at radius 1 is 1.00 bits per heavy atom. The Balaban J connectivity index is 2.18. The fourth-order valence-electron chi connectivity index (χ4n) is 2.52. The second kappa shape index (κ2) is 3.23. The third-order valence-corrected chi connectivity index (χ3v) is 3.37. The van der Waals surface area contributed by atoms with Crippen LogP contribution in [0.3, 0.4) is 0 Å². The lowest BCUT2D eigenvalue weighted by molar-refractivity contribution is 0.706. The minimum atomic E-state index is 0.650. The summed E-state index contributed by atoms with van der Waals surface area (Å²) in [6.45, 7) is 3.90. The summed E-state index contributed by atoms with van der Waals surface area (Å²) in [4.78, 5) is 0. The van der Waals surface area contributed by atoms with Gasteiger partial charge in [0.05, 0.1) is 0 Å². The van der Waals surface area contributed by atoms with Crippen LogP contribution in [-0.2, 0) is 12.8 Å². The van der Waals surface area contributed by atoms with Crippen molar-refractivity contribution in [2.45, 2.75) is 12.8 Å². The number of allylic oxidation sites excluding steroid dienone is 1. The van der Waals surface area contributed by atoms with Gasteiger partial charge in [0.1, 0.15) is 0 Å². The average Bonchev–Trinajstić information content (AvgIpc) is 2.67. The van der Waals surface area contributed by atoms with Crippen LogP contribution >= 0.6 is 0 Å². The molecule has 0 nitrogen and oxygen atoms in total. The molecule has 0 saturated carbocycles. The van der Waals surface area contributed by atoms with E-state index >= 15 is 0 Å². The van der Waals surface area contributed by atoms with Gasteiger partial charge in [0.15, 0.2) is 0 Å². The summed E-state index contributed by atoms with van der Waals surface area (Å²) in [6.07, 6.45) is 4.43. The van der Waals surface area contributed by atoms with Gasteiger partial charge in [-0.15, -0.1) is 6.58 Å². The van der Waals surface area contributed by atoms with Gasteiger partial charge in [0.2, 0.25) is 0 Å². The smallest absolute Gasteiger partial charge is 0.0155 e. The van der Waals surface area contributed by atoms with E-state index in [4.69, 9.17) is 0 Å². The molecule has 1 aliphatic carbocycles. The Morgan fingerprint density at radius 2 is 1.53 bits per heavy atom. The lowest BCUT2D eigenvalue weighted by Gasteiger charge is -2.02. The van der Waals surface area contributed by atoms with Crippen LogP contribution in [0.25, 0.3) is 10.8 Å². The molecule has 0 radical (unpaired) electrons. The van der Waals surface area contributed by atoms with E-state index in [2.05, 4.69) is 49.1 Å². The van der Waals surface area contributed by atoms with Crippen molar-refractivity contribution in [3.05, 3.63) is 60.2 Å². The Kier molecular flexibility index (Phi) is 1.88. The van der Waals surface area contributed by atoms with Crippen LogP contribution in [0.5, 0.6) is 0 Å². The number of hydrogen-bond acceptors (Lipinski definition) is 0. The van der Waals surface area contributed by atoms with Crippen molar-refractivity contribution in [1.82, 2.24) is 0 Å². The Bertz CT molecular complexity index is 478. The molecule has 0 aliphatic heterocycles. The standard InChI is InChI=1S/C15H14/c1-2-11-7-14-9-12-5-3-4-6-13(12)10-15(14)8-11/h2-6,9-11H,1,7-8H2. The second-order valence-electron chi connectivity index (χ2n) is 4.37. The summed E-state index contributed by atoms with van der Waals surface area (Å²) < 4.78 is 0. The summed E-state index contributed by atoms with van der Waals surface area (Å²) in [5.74, 6) is 0.650. The molecule has 0 saturated heterocycles. The van der Waals surface area contributed by atoms with Crippen molar-refractivity contribution in [2.24, 2.45) is 5.92 Å². The molecular weight excluding hydrogens is 180 g/mol. The maximum Gasteiger partial charge on any atom is -0.0155 e. The predicted molar refractivity (Wildman–Crippen MR) is 65.0 cm³/mol. The normalized spacial score (nSPS) is 15.5. The fourth-order valence-corrected chi connectivity index (χ4v) is 2.52. The first kappa shape index (κ1) is 8.72. The molecule has 0 heterocycles. The van der Waals surface area contributed by atoms with Crippen molar-refractivity contribution in [3.63, 3.8) is 0 Å². The molecular formula is C15H14. The molecule has 3 rings (SSSR count). The van der Waals surface area contributed by atoms with Crippen LogP contribution in [0.15, 0.2) is 49.1 Å². The topological polar surface area (TPSA) is 0 Å². The van der Waals surface area contributed by atoms with Gasteiger partial charge in [0.25, 0.3) is 0 Å². The van der Waals surface area contributed by atoms with Gasteiger partial charge >= 0.3 is 0 Å². The minimum Gasteiger partial charge on any atom is -0.103 e. The van der Waals surface area contributed by atoms with E-state index in [9.17, 15) is 0 Å². The van der Waals surface area contributed by atoms with Crippen molar-refractivity contribution >= 4 is 10.8 Å². The minimum absolute atomic E-state index is 0.650. The Labute approximate surface area is 90.2 Å². The summed E-state index contributed by atoms with van der Waals surface area (Å²) in [5.41, 5.74) is 3.03. The van der Waals surface area contributed by atoms with Gasteiger partial charge < -0.3 is 0 Å². The zero-order valence-corrected chi connectivity index (χ0v) is 8.74. The van der Waals surface area contributed by atoms with E-state index in [1.807, 2.05) is 0 Å². The molecule has 0 unspecified atom stereocenters. The maximum absolute atomic E-state index is 3.90. The highest BCUT2D eigenvalue weighted by atomic mass is 14.2. The number of rotatable bonds is 1. The van der Waals surface area contributed by atoms with Crippen molar-refractivity contribution in [2.75, 3.05) is 0 Å². The molecule has 0 N–H and O–H groups in total. The van der Waals surface area contributed by atoms with Gasteiger partial charge in [-0.1, -0.05) is 42.5 Å². The Hall–Kier alpha value is -1.56. The Morgan fingerprint density at radius 3 is 2.00 bits per heavy atom. The largest absolute Gasteiger partial charge is 0.103 e. The van der Waals surface area contributed by atoms with E-state index in [0.717, 1.165) is 0 Å². The van der Waals surface area contributed by atoms with Crippen molar-refractivity contribution in [1.29, 1.82) is 0 Å². The molecule has 0 aromatic heterocycles. The SMILES string of the molecule is C=CC1Cc2cc3ccccc3cc2C1. The number of hydrogen-bond donors (Lipinski definition) is 0. The second-order valence-corrected chi connectivity index (χ2v) is 4.37. The third-order valence-electron chi connectivity index (χ3n) is 3.37. The predicted octanol–water partition coefficient (Wildman–Crippen LogP) is 3.74. The van der Waals surface area contributed by atoms with Crippen molar-refractivity contribution < 1.29 is 0 Å². The van der Waals surface area contributed by atoms with Crippen LogP contribution in [0.2, 0.25) is 0 Å².